The number of para-hydroxylation sites is 2. The van der Waals surface area contributed by atoms with Gasteiger partial charge in [-0.05, 0) is 65.8 Å². The van der Waals surface area contributed by atoms with Gasteiger partial charge in [0.05, 0.1) is 16.3 Å². The number of alkyl carbamates (subject to hydrolysis) is 2. The van der Waals surface area contributed by atoms with E-state index < -0.39 is 76.2 Å². The maximum absolute atomic E-state index is 13.5. The Morgan fingerprint density at radius 3 is 1.59 bits per heavy atom. The van der Waals surface area contributed by atoms with Crippen LogP contribution in [-0.2, 0) is 19.1 Å². The summed E-state index contributed by atoms with van der Waals surface area (Å²) in [6.07, 6.45) is -1.81. The number of nitro groups is 1. The largest absolute Gasteiger partial charge is 0.480 e. The predicted molar refractivity (Wildman–Crippen MR) is 162 cm³/mol. The van der Waals surface area contributed by atoms with Gasteiger partial charge in [0.1, 0.15) is 34.8 Å². The maximum atomic E-state index is 13.5. The van der Waals surface area contributed by atoms with Gasteiger partial charge in [-0.15, -0.1) is 0 Å². The quantitative estimate of drug-likeness (QED) is 0.103. The summed E-state index contributed by atoms with van der Waals surface area (Å²) < 4.78 is 36.7. The molecular formula is C28H38F2N6O10. The van der Waals surface area contributed by atoms with Gasteiger partial charge >= 0.3 is 29.8 Å². The van der Waals surface area contributed by atoms with E-state index in [1.165, 1.54) is 30.3 Å². The minimum atomic E-state index is -1.43. The lowest BCUT2D eigenvalue weighted by Gasteiger charge is -2.22. The number of aliphatic carboxylic acids is 2. The first-order valence-electron chi connectivity index (χ1n) is 13.5. The van der Waals surface area contributed by atoms with E-state index in [1.54, 1.807) is 41.5 Å². The number of carbonyl (C=O) groups excluding carboxylic acids is 2. The molecule has 0 saturated heterocycles. The van der Waals surface area contributed by atoms with Gasteiger partial charge in [-0.1, -0.05) is 12.1 Å². The van der Waals surface area contributed by atoms with Gasteiger partial charge in [-0.25, -0.2) is 23.6 Å². The van der Waals surface area contributed by atoms with Crippen molar-refractivity contribution in [3.63, 3.8) is 0 Å². The molecule has 254 valence electrons. The van der Waals surface area contributed by atoms with Gasteiger partial charge in [0, 0.05) is 13.1 Å². The van der Waals surface area contributed by atoms with E-state index in [4.69, 9.17) is 25.4 Å². The molecule has 0 saturated carbocycles. The van der Waals surface area contributed by atoms with Crippen molar-refractivity contribution in [1.29, 1.82) is 0 Å². The SMILES string of the molecule is CC(C)(C)OC(=O)N[C@@H](CNc1cccc(F)c1N)C(=O)O.CC(C)(C)OC(=O)N[C@@H](CNc1cccc(F)c1[N+](=O)[O-])C(=O)O. The summed E-state index contributed by atoms with van der Waals surface area (Å²) in [6, 6.07) is 4.83. The first-order valence-corrected chi connectivity index (χ1v) is 13.5. The molecule has 0 aromatic heterocycles. The first kappa shape index (κ1) is 38.6. The van der Waals surface area contributed by atoms with E-state index >= 15 is 0 Å². The van der Waals surface area contributed by atoms with E-state index in [-0.39, 0.29) is 23.6 Å². The second kappa shape index (κ2) is 16.6. The molecule has 2 rings (SSSR count). The lowest BCUT2D eigenvalue weighted by Crippen LogP contribution is -2.47. The zero-order valence-corrected chi connectivity index (χ0v) is 26.0. The van der Waals surface area contributed by atoms with E-state index in [0.29, 0.717) is 0 Å². The van der Waals surface area contributed by atoms with Crippen LogP contribution in [0.4, 0.5) is 41.1 Å². The Bertz CT molecular complexity index is 1410. The standard InChI is InChI=1S/C14H18FN3O6.C14H20FN3O4/c1-14(2,3)24-13(21)17-10(12(19)20)7-16-9-6-4-5-8(15)11(9)18(22)23;1-14(2,3)22-13(21)18-10(12(19)20)7-17-9-6-4-5-8(15)11(9)16/h4-6,10,16H,7H2,1-3H3,(H,17,21)(H,19,20);4-6,10,17H,7,16H2,1-3H3,(H,18,21)(H,19,20)/t2*10-/m00/s1. The lowest BCUT2D eigenvalue weighted by atomic mass is 10.2. The highest BCUT2D eigenvalue weighted by Gasteiger charge is 2.27. The molecule has 0 aliphatic heterocycles. The molecule has 0 unspecified atom stereocenters. The number of carbonyl (C=O) groups is 4. The van der Waals surface area contributed by atoms with Gasteiger partial charge in [0.2, 0.25) is 5.82 Å². The number of nitro benzene ring substituents is 1. The van der Waals surface area contributed by atoms with Crippen molar-refractivity contribution in [3.8, 4) is 0 Å². The number of rotatable bonds is 11. The third kappa shape index (κ3) is 13.9. The van der Waals surface area contributed by atoms with Crippen molar-refractivity contribution < 1.29 is 52.6 Å². The van der Waals surface area contributed by atoms with Crippen LogP contribution in [0.25, 0.3) is 0 Å². The minimum absolute atomic E-state index is 0.121. The molecule has 8 N–H and O–H groups in total. The molecule has 2 aromatic carbocycles. The summed E-state index contributed by atoms with van der Waals surface area (Å²) in [5, 5.41) is 38.6. The first-order chi connectivity index (χ1) is 21.1. The van der Waals surface area contributed by atoms with E-state index in [1.807, 2.05) is 0 Å². The molecule has 0 bridgehead atoms. The highest BCUT2D eigenvalue weighted by molar-refractivity contribution is 5.82. The number of nitrogens with two attached hydrogens (primary N) is 1. The van der Waals surface area contributed by atoms with Crippen LogP contribution in [0, 0.1) is 21.7 Å². The number of nitrogen functional groups attached to an aromatic ring is 1. The number of carboxylic acid groups (broad SMARTS) is 2. The molecule has 0 spiro atoms. The van der Waals surface area contributed by atoms with Crippen LogP contribution >= 0.6 is 0 Å². The summed E-state index contributed by atoms with van der Waals surface area (Å²) in [6.45, 7) is 9.22. The monoisotopic (exact) mass is 656 g/mol. The molecule has 18 heteroatoms. The summed E-state index contributed by atoms with van der Waals surface area (Å²) in [7, 11) is 0. The molecule has 46 heavy (non-hydrogen) atoms. The summed E-state index contributed by atoms with van der Waals surface area (Å²) in [5.41, 5.74) is 3.09. The van der Waals surface area contributed by atoms with E-state index in [2.05, 4.69) is 21.3 Å². The lowest BCUT2D eigenvalue weighted by molar-refractivity contribution is -0.386. The fourth-order valence-corrected chi connectivity index (χ4v) is 3.26. The van der Waals surface area contributed by atoms with Crippen LogP contribution in [-0.4, -0.2) is 75.6 Å². The number of nitrogens with zero attached hydrogens (tertiary/aromatic N) is 1. The number of anilines is 3. The molecule has 0 aliphatic rings. The average Bonchev–Trinajstić information content (AvgIpc) is 2.88. The number of nitrogens with one attached hydrogen (secondary N) is 4. The predicted octanol–water partition coefficient (Wildman–Crippen LogP) is 3.92. The Labute approximate surface area is 262 Å². The van der Waals surface area contributed by atoms with Gasteiger partial charge < -0.3 is 46.7 Å². The number of ether oxygens (including phenoxy) is 2. The molecule has 0 aliphatic carbocycles. The van der Waals surface area contributed by atoms with Gasteiger partial charge in [-0.3, -0.25) is 10.1 Å². The van der Waals surface area contributed by atoms with Crippen LogP contribution < -0.4 is 27.0 Å². The summed E-state index contributed by atoms with van der Waals surface area (Å²) >= 11 is 0. The van der Waals surface area contributed by atoms with Crippen molar-refractivity contribution in [1.82, 2.24) is 10.6 Å². The van der Waals surface area contributed by atoms with Crippen LogP contribution in [0.2, 0.25) is 0 Å². The molecule has 0 radical (unpaired) electrons. The zero-order chi connectivity index (χ0) is 35.4. The molecular weight excluding hydrogens is 618 g/mol. The Hall–Kier alpha value is -5.42. The topological polar surface area (TPSA) is 244 Å². The zero-order valence-electron chi connectivity index (χ0n) is 26.0. The minimum Gasteiger partial charge on any atom is -0.480 e. The number of hydrogen-bond acceptors (Lipinski definition) is 11. The summed E-state index contributed by atoms with van der Waals surface area (Å²) in [4.78, 5) is 55.5. The van der Waals surface area contributed by atoms with Gasteiger partial charge in [0.25, 0.3) is 0 Å². The smallest absolute Gasteiger partial charge is 0.408 e. The van der Waals surface area contributed by atoms with E-state index in [0.717, 1.165) is 6.07 Å². The Kier molecular flexibility index (Phi) is 13.9. The molecule has 16 nitrogen and oxygen atoms in total. The van der Waals surface area contributed by atoms with Gasteiger partial charge in [0.15, 0.2) is 0 Å². The molecule has 0 fully saturated rings. The molecule has 2 atom stereocenters. The van der Waals surface area contributed by atoms with E-state index in [9.17, 15) is 38.1 Å². The van der Waals surface area contributed by atoms with Crippen LogP contribution in [0.3, 0.4) is 0 Å². The number of halogens is 2. The van der Waals surface area contributed by atoms with Crippen LogP contribution in [0.15, 0.2) is 36.4 Å². The third-order valence-electron chi connectivity index (χ3n) is 5.19. The Balaban J connectivity index is 0.000000462. The second-order valence-corrected chi connectivity index (χ2v) is 11.4. The molecule has 0 heterocycles. The number of amides is 2. The highest BCUT2D eigenvalue weighted by atomic mass is 19.1. The van der Waals surface area contributed by atoms with Crippen LogP contribution in [0.5, 0.6) is 0 Å². The van der Waals surface area contributed by atoms with Crippen molar-refractivity contribution in [2.24, 2.45) is 0 Å². The number of carboxylic acids is 2. The number of benzene rings is 2. The molecule has 2 aromatic rings. The van der Waals surface area contributed by atoms with Crippen molar-refractivity contribution in [2.75, 3.05) is 29.5 Å². The van der Waals surface area contributed by atoms with Crippen molar-refractivity contribution in [2.45, 2.75) is 64.8 Å². The van der Waals surface area contributed by atoms with Crippen LogP contribution in [0.1, 0.15) is 41.5 Å². The van der Waals surface area contributed by atoms with Crippen molar-refractivity contribution >= 4 is 46.9 Å². The fraction of sp³-hybridized carbons (Fsp3) is 0.429. The fourth-order valence-electron chi connectivity index (χ4n) is 3.26. The number of hydrogen-bond donors (Lipinski definition) is 7. The maximum Gasteiger partial charge on any atom is 0.408 e. The molecule has 2 amide bonds. The van der Waals surface area contributed by atoms with Crippen molar-refractivity contribution in [3.05, 3.63) is 58.1 Å². The third-order valence-corrected chi connectivity index (χ3v) is 5.19. The average molecular weight is 657 g/mol. The van der Waals surface area contributed by atoms with Gasteiger partial charge in [-0.2, -0.15) is 4.39 Å². The highest BCUT2D eigenvalue weighted by Crippen LogP contribution is 2.27. The Morgan fingerprint density at radius 2 is 1.20 bits per heavy atom. The normalized spacial score (nSPS) is 12.3. The Morgan fingerprint density at radius 1 is 0.804 bits per heavy atom. The summed E-state index contributed by atoms with van der Waals surface area (Å²) in [5.74, 6) is -4.31. The second-order valence-electron chi connectivity index (χ2n) is 11.4.